The number of nitrogens with one attached hydrogen (secondary N) is 1. The smallest absolute Gasteiger partial charge is 0.343 e. The molecule has 0 radical (unpaired) electrons. The van der Waals surface area contributed by atoms with Gasteiger partial charge >= 0.3 is 6.18 Å². The predicted molar refractivity (Wildman–Crippen MR) is 99.7 cm³/mol. The van der Waals surface area contributed by atoms with E-state index in [1.807, 2.05) is 5.38 Å². The molecule has 1 aromatic heterocycles. The van der Waals surface area contributed by atoms with E-state index in [4.69, 9.17) is 0 Å². The quantitative estimate of drug-likeness (QED) is 0.793. The number of halogens is 3. The Morgan fingerprint density at radius 1 is 1.25 bits per heavy atom. The molecule has 1 atom stereocenters. The Hall–Kier alpha value is -2.79. The van der Waals surface area contributed by atoms with Crippen LogP contribution < -0.4 is 5.32 Å². The lowest BCUT2D eigenvalue weighted by Crippen LogP contribution is -2.45. The van der Waals surface area contributed by atoms with Crippen molar-refractivity contribution in [2.45, 2.75) is 25.1 Å². The third-order valence-electron chi connectivity index (χ3n) is 4.32. The molecule has 0 aliphatic carbocycles. The van der Waals surface area contributed by atoms with Crippen molar-refractivity contribution in [1.82, 2.24) is 10.2 Å². The Bertz CT molecular complexity index is 914. The molecule has 1 aliphatic rings. The van der Waals surface area contributed by atoms with Crippen LogP contribution in [-0.2, 0) is 11.0 Å². The van der Waals surface area contributed by atoms with E-state index in [1.165, 1.54) is 23.5 Å². The number of carbonyl (C=O) groups excluding carboxylic acids is 2. The van der Waals surface area contributed by atoms with Crippen LogP contribution in [0.3, 0.4) is 0 Å². The SMILES string of the molecule is O=C(NCC#Cc1cccc(C(F)(F)F)c1)[C@@H]1CCCN1C(=O)c1cccs1. The number of nitrogens with zero attached hydrogens (tertiary/aromatic N) is 1. The molecular weight excluding hydrogens is 389 g/mol. The number of carbonyl (C=O) groups is 2. The first-order valence-corrected chi connectivity index (χ1v) is 9.52. The Labute approximate surface area is 164 Å². The zero-order valence-electron chi connectivity index (χ0n) is 14.8. The monoisotopic (exact) mass is 406 g/mol. The zero-order chi connectivity index (χ0) is 20.1. The normalized spacial score (nSPS) is 16.4. The second-order valence-electron chi connectivity index (χ2n) is 6.23. The van der Waals surface area contributed by atoms with E-state index in [2.05, 4.69) is 17.2 Å². The van der Waals surface area contributed by atoms with Crippen LogP contribution in [0, 0.1) is 11.8 Å². The van der Waals surface area contributed by atoms with Crippen LogP contribution in [0.15, 0.2) is 41.8 Å². The first-order valence-electron chi connectivity index (χ1n) is 8.64. The van der Waals surface area contributed by atoms with Crippen molar-refractivity contribution in [3.8, 4) is 11.8 Å². The summed E-state index contributed by atoms with van der Waals surface area (Å²) in [5.74, 6) is 4.80. The summed E-state index contributed by atoms with van der Waals surface area (Å²) >= 11 is 1.33. The molecule has 8 heteroatoms. The van der Waals surface area contributed by atoms with Crippen molar-refractivity contribution in [3.05, 3.63) is 57.8 Å². The van der Waals surface area contributed by atoms with E-state index in [9.17, 15) is 22.8 Å². The van der Waals surface area contributed by atoms with Gasteiger partial charge in [-0.15, -0.1) is 11.3 Å². The molecule has 146 valence electrons. The van der Waals surface area contributed by atoms with Gasteiger partial charge < -0.3 is 10.2 Å². The first-order chi connectivity index (χ1) is 13.4. The fourth-order valence-electron chi connectivity index (χ4n) is 2.99. The molecule has 1 aliphatic heterocycles. The number of benzene rings is 1. The van der Waals surface area contributed by atoms with Crippen LogP contribution in [0.4, 0.5) is 13.2 Å². The van der Waals surface area contributed by atoms with Gasteiger partial charge in [-0.25, -0.2) is 0 Å². The molecule has 3 rings (SSSR count). The van der Waals surface area contributed by atoms with E-state index in [-0.39, 0.29) is 23.9 Å². The van der Waals surface area contributed by atoms with Crippen molar-refractivity contribution in [3.63, 3.8) is 0 Å². The van der Waals surface area contributed by atoms with E-state index in [0.29, 0.717) is 17.8 Å². The number of hydrogen-bond acceptors (Lipinski definition) is 3. The van der Waals surface area contributed by atoms with E-state index in [1.54, 1.807) is 17.0 Å². The number of likely N-dealkylation sites (tertiary alicyclic amines) is 1. The van der Waals surface area contributed by atoms with Gasteiger partial charge in [-0.05, 0) is 42.5 Å². The molecule has 2 aromatic rings. The highest BCUT2D eigenvalue weighted by Crippen LogP contribution is 2.29. The zero-order valence-corrected chi connectivity index (χ0v) is 15.6. The van der Waals surface area contributed by atoms with Crippen molar-refractivity contribution in [2.24, 2.45) is 0 Å². The van der Waals surface area contributed by atoms with Crippen LogP contribution in [0.5, 0.6) is 0 Å². The third-order valence-corrected chi connectivity index (χ3v) is 5.18. The molecule has 2 heterocycles. The molecule has 1 aromatic carbocycles. The Balaban J connectivity index is 1.58. The van der Waals surface area contributed by atoms with Crippen molar-refractivity contribution < 1.29 is 22.8 Å². The highest BCUT2D eigenvalue weighted by Gasteiger charge is 2.34. The van der Waals surface area contributed by atoms with Gasteiger partial charge in [0.1, 0.15) is 6.04 Å². The molecule has 4 nitrogen and oxygen atoms in total. The van der Waals surface area contributed by atoms with Crippen LogP contribution in [0.2, 0.25) is 0 Å². The highest BCUT2D eigenvalue weighted by atomic mass is 32.1. The summed E-state index contributed by atoms with van der Waals surface area (Å²) in [4.78, 5) is 27.0. The predicted octanol–water partition coefficient (Wildman–Crippen LogP) is 3.54. The molecular formula is C20H17F3N2O2S. The second kappa shape index (κ2) is 8.48. The molecule has 1 fully saturated rings. The summed E-state index contributed by atoms with van der Waals surface area (Å²) < 4.78 is 38.1. The molecule has 1 N–H and O–H groups in total. The van der Waals surface area contributed by atoms with Crippen LogP contribution >= 0.6 is 11.3 Å². The lowest BCUT2D eigenvalue weighted by Gasteiger charge is -2.23. The molecule has 2 amide bonds. The summed E-state index contributed by atoms with van der Waals surface area (Å²) in [6.45, 7) is 0.511. The second-order valence-corrected chi connectivity index (χ2v) is 7.18. The van der Waals surface area contributed by atoms with Gasteiger partial charge in [0.2, 0.25) is 5.91 Å². The van der Waals surface area contributed by atoms with Gasteiger partial charge in [-0.1, -0.05) is 24.0 Å². The van der Waals surface area contributed by atoms with Crippen molar-refractivity contribution >= 4 is 23.2 Å². The van der Waals surface area contributed by atoms with Crippen LogP contribution in [-0.4, -0.2) is 35.8 Å². The molecule has 1 saturated heterocycles. The summed E-state index contributed by atoms with van der Waals surface area (Å²) in [7, 11) is 0. The van der Waals surface area contributed by atoms with Gasteiger partial charge in [0.25, 0.3) is 5.91 Å². The minimum Gasteiger partial charge on any atom is -0.343 e. The van der Waals surface area contributed by atoms with Gasteiger partial charge in [0.05, 0.1) is 17.0 Å². The fourth-order valence-corrected chi connectivity index (χ4v) is 3.67. The fraction of sp³-hybridized carbons (Fsp3) is 0.300. The van der Waals surface area contributed by atoms with Crippen molar-refractivity contribution in [2.75, 3.05) is 13.1 Å². The summed E-state index contributed by atoms with van der Waals surface area (Å²) in [5.41, 5.74) is -0.545. The molecule has 0 spiro atoms. The highest BCUT2D eigenvalue weighted by molar-refractivity contribution is 7.12. The van der Waals surface area contributed by atoms with E-state index < -0.39 is 17.8 Å². The van der Waals surface area contributed by atoms with Crippen LogP contribution in [0.1, 0.15) is 33.6 Å². The Morgan fingerprint density at radius 3 is 2.79 bits per heavy atom. The lowest BCUT2D eigenvalue weighted by molar-refractivity contribution is -0.137. The van der Waals surface area contributed by atoms with Gasteiger partial charge in [0, 0.05) is 12.1 Å². The van der Waals surface area contributed by atoms with E-state index in [0.717, 1.165) is 18.6 Å². The molecule has 0 saturated carbocycles. The van der Waals surface area contributed by atoms with Gasteiger partial charge in [-0.2, -0.15) is 13.2 Å². The standard InChI is InChI=1S/C20H17F3N2O2S/c21-20(22,23)15-7-1-5-14(13-15)6-2-10-24-18(26)16-8-3-11-25(16)19(27)17-9-4-12-28-17/h1,4-5,7,9,12-13,16H,3,8,10-11H2,(H,24,26)/t16-/m0/s1. The minimum atomic E-state index is -4.42. The van der Waals surface area contributed by atoms with Gasteiger partial charge in [0.15, 0.2) is 0 Å². The average Bonchev–Trinajstić information content (AvgIpc) is 3.36. The summed E-state index contributed by atoms with van der Waals surface area (Å²) in [6.07, 6.45) is -3.11. The first kappa shape index (κ1) is 20.0. The van der Waals surface area contributed by atoms with Crippen LogP contribution in [0.25, 0.3) is 0 Å². The topological polar surface area (TPSA) is 49.4 Å². The summed E-state index contributed by atoms with van der Waals surface area (Å²) in [5, 5.41) is 4.45. The maximum atomic E-state index is 12.7. The largest absolute Gasteiger partial charge is 0.416 e. The van der Waals surface area contributed by atoms with Gasteiger partial charge in [-0.3, -0.25) is 9.59 Å². The number of thiophene rings is 1. The number of amides is 2. The molecule has 0 unspecified atom stereocenters. The third kappa shape index (κ3) is 4.73. The summed E-state index contributed by atoms with van der Waals surface area (Å²) in [6, 6.07) is 7.66. The Morgan fingerprint density at radius 2 is 2.07 bits per heavy atom. The maximum Gasteiger partial charge on any atom is 0.416 e. The molecule has 0 bridgehead atoms. The lowest BCUT2D eigenvalue weighted by atomic mass is 10.1. The number of rotatable bonds is 3. The molecule has 28 heavy (non-hydrogen) atoms. The minimum absolute atomic E-state index is 0.00733. The Kier molecular flexibility index (Phi) is 6.05. The number of alkyl halides is 3. The average molecular weight is 406 g/mol. The van der Waals surface area contributed by atoms with E-state index >= 15 is 0 Å². The van der Waals surface area contributed by atoms with Crippen molar-refractivity contribution in [1.29, 1.82) is 0 Å². The maximum absolute atomic E-state index is 12.7. The number of hydrogen-bond donors (Lipinski definition) is 1.